The Kier molecular flexibility index (Phi) is 3.83. The summed E-state index contributed by atoms with van der Waals surface area (Å²) in [5.41, 5.74) is 0.0371. The van der Waals surface area contributed by atoms with Crippen LogP contribution in [-0.4, -0.2) is 17.0 Å². The largest absolute Gasteiger partial charge is 0.495 e. The monoisotopic (exact) mass is 291 g/mol. The van der Waals surface area contributed by atoms with E-state index in [4.69, 9.17) is 10.00 Å². The normalized spacial score (nSPS) is 13.0. The molecule has 3 nitrogen and oxygen atoms in total. The lowest BCUT2D eigenvalue weighted by molar-refractivity contribution is -0.0294. The van der Waals surface area contributed by atoms with Crippen LogP contribution in [-0.2, 0) is 0 Å². The molecule has 0 bridgehead atoms. The van der Waals surface area contributed by atoms with Gasteiger partial charge in [-0.05, 0) is 33.6 Å². The zero-order valence-electron chi connectivity index (χ0n) is 8.25. The number of rotatable bonds is 3. The van der Waals surface area contributed by atoms with Crippen LogP contribution in [0.3, 0.4) is 0 Å². The maximum atomic E-state index is 12.8. The molecule has 0 saturated carbocycles. The highest BCUT2D eigenvalue weighted by Gasteiger charge is 2.36. The lowest BCUT2D eigenvalue weighted by Gasteiger charge is -2.17. The number of nitriles is 1. The molecule has 0 heterocycles. The fourth-order valence-electron chi connectivity index (χ4n) is 1.17. The summed E-state index contributed by atoms with van der Waals surface area (Å²) in [6.45, 7) is 0. The van der Waals surface area contributed by atoms with Crippen LogP contribution in [0.4, 0.5) is 8.78 Å². The zero-order valence-corrected chi connectivity index (χ0v) is 9.83. The summed E-state index contributed by atoms with van der Waals surface area (Å²) in [6.07, 6.45) is -2.01. The minimum Gasteiger partial charge on any atom is -0.495 e. The van der Waals surface area contributed by atoms with Crippen LogP contribution in [0.2, 0.25) is 0 Å². The maximum absolute atomic E-state index is 12.8. The second-order valence-corrected chi connectivity index (χ2v) is 4.07. The van der Waals surface area contributed by atoms with Crippen LogP contribution < -0.4 is 4.74 Å². The molecule has 0 saturated heterocycles. The Bertz CT molecular complexity index is 426. The molecule has 1 N–H and O–H groups in total. The molecule has 0 fully saturated rings. The predicted molar refractivity (Wildman–Crippen MR) is 56.5 cm³/mol. The van der Waals surface area contributed by atoms with Gasteiger partial charge in [-0.1, -0.05) is 6.07 Å². The molecule has 1 rings (SSSR count). The first-order chi connectivity index (χ1) is 7.40. The van der Waals surface area contributed by atoms with E-state index in [1.807, 2.05) is 0 Å². The number of hydrogen-bond donors (Lipinski definition) is 1. The molecular weight excluding hydrogens is 284 g/mol. The molecule has 0 aromatic heterocycles. The van der Waals surface area contributed by atoms with Crippen LogP contribution >= 0.6 is 15.9 Å². The number of ether oxygens (including phenoxy) is 1. The third-order valence-corrected chi connectivity index (χ3v) is 2.40. The Labute approximate surface area is 99.4 Å². The minimum absolute atomic E-state index is 0.0563. The summed E-state index contributed by atoms with van der Waals surface area (Å²) in [6, 6.07) is 5.60. The van der Waals surface area contributed by atoms with Gasteiger partial charge >= 0.3 is 4.83 Å². The van der Waals surface area contributed by atoms with Crippen LogP contribution in [0.5, 0.6) is 5.75 Å². The van der Waals surface area contributed by atoms with Crippen molar-refractivity contribution in [2.75, 3.05) is 7.11 Å². The Balaban J connectivity index is 3.15. The Morgan fingerprint density at radius 3 is 2.62 bits per heavy atom. The average molecular weight is 292 g/mol. The molecule has 1 unspecified atom stereocenters. The molecule has 16 heavy (non-hydrogen) atoms. The topological polar surface area (TPSA) is 53.2 Å². The van der Waals surface area contributed by atoms with E-state index in [-0.39, 0.29) is 16.9 Å². The van der Waals surface area contributed by atoms with E-state index in [1.165, 1.54) is 25.3 Å². The molecule has 1 aromatic carbocycles. The van der Waals surface area contributed by atoms with Crippen LogP contribution in [0.25, 0.3) is 0 Å². The molecule has 0 radical (unpaired) electrons. The molecule has 6 heteroatoms. The molecule has 86 valence electrons. The number of alkyl halides is 3. The summed E-state index contributed by atoms with van der Waals surface area (Å²) in [5, 5.41) is 18.0. The molecule has 0 aliphatic carbocycles. The number of benzene rings is 1. The van der Waals surface area contributed by atoms with Gasteiger partial charge in [0, 0.05) is 0 Å². The van der Waals surface area contributed by atoms with E-state index < -0.39 is 10.9 Å². The van der Waals surface area contributed by atoms with Crippen LogP contribution in [0, 0.1) is 11.3 Å². The van der Waals surface area contributed by atoms with Gasteiger partial charge in [-0.25, -0.2) is 0 Å². The van der Waals surface area contributed by atoms with Crippen molar-refractivity contribution >= 4 is 15.9 Å². The van der Waals surface area contributed by atoms with Crippen molar-refractivity contribution in [2.45, 2.75) is 10.9 Å². The lowest BCUT2D eigenvalue weighted by Crippen LogP contribution is -2.18. The first-order valence-corrected chi connectivity index (χ1v) is 5.02. The highest BCUT2D eigenvalue weighted by molar-refractivity contribution is 9.10. The van der Waals surface area contributed by atoms with Gasteiger partial charge in [0.1, 0.15) is 11.8 Å². The van der Waals surface area contributed by atoms with Crippen molar-refractivity contribution in [3.8, 4) is 11.8 Å². The standard InChI is InChI=1S/C10H8BrF2NO2/c1-16-8-3-2-6(4-7(8)5-14)9(15)10(11,12)13/h2-4,9,15H,1H3. The smallest absolute Gasteiger partial charge is 0.330 e. The molecule has 0 amide bonds. The third kappa shape index (κ3) is 2.68. The molecule has 1 aromatic rings. The van der Waals surface area contributed by atoms with Crippen molar-refractivity contribution < 1.29 is 18.6 Å². The summed E-state index contributed by atoms with van der Waals surface area (Å²) in [7, 11) is 1.37. The quantitative estimate of drug-likeness (QED) is 0.871. The number of aliphatic hydroxyl groups excluding tert-OH is 1. The second-order valence-electron chi connectivity index (χ2n) is 3.02. The van der Waals surface area contributed by atoms with Gasteiger partial charge in [0.25, 0.3) is 0 Å². The summed E-state index contributed by atoms with van der Waals surface area (Å²) < 4.78 is 30.4. The van der Waals surface area contributed by atoms with Crippen LogP contribution in [0.15, 0.2) is 18.2 Å². The van der Waals surface area contributed by atoms with Crippen molar-refractivity contribution in [1.29, 1.82) is 5.26 Å². The second kappa shape index (κ2) is 4.76. The Hall–Kier alpha value is -1.19. The first-order valence-electron chi connectivity index (χ1n) is 4.23. The third-order valence-electron chi connectivity index (χ3n) is 1.97. The van der Waals surface area contributed by atoms with Gasteiger partial charge in [-0.3, -0.25) is 0 Å². The van der Waals surface area contributed by atoms with Gasteiger partial charge < -0.3 is 9.84 Å². The van der Waals surface area contributed by atoms with Gasteiger partial charge in [0.2, 0.25) is 0 Å². The van der Waals surface area contributed by atoms with E-state index in [2.05, 4.69) is 15.9 Å². The van der Waals surface area contributed by atoms with Crippen molar-refractivity contribution in [2.24, 2.45) is 0 Å². The molecule has 0 aliphatic rings. The van der Waals surface area contributed by atoms with Crippen molar-refractivity contribution in [3.63, 3.8) is 0 Å². The highest BCUT2D eigenvalue weighted by atomic mass is 79.9. The molecule has 0 aliphatic heterocycles. The number of methoxy groups -OCH3 is 1. The highest BCUT2D eigenvalue weighted by Crippen LogP contribution is 2.37. The summed E-state index contributed by atoms with van der Waals surface area (Å²) in [4.78, 5) is -3.44. The van der Waals surface area contributed by atoms with E-state index in [9.17, 15) is 13.9 Å². The average Bonchev–Trinajstić information content (AvgIpc) is 2.25. The number of nitrogens with zero attached hydrogens (tertiary/aromatic N) is 1. The molecular formula is C10H8BrF2NO2. The number of hydrogen-bond acceptors (Lipinski definition) is 3. The number of halogens is 3. The Morgan fingerprint density at radius 2 is 2.19 bits per heavy atom. The first kappa shape index (κ1) is 12.9. The van der Waals surface area contributed by atoms with E-state index in [0.717, 1.165) is 0 Å². The van der Waals surface area contributed by atoms with Crippen molar-refractivity contribution in [3.05, 3.63) is 29.3 Å². The summed E-state index contributed by atoms with van der Waals surface area (Å²) >= 11 is 2.07. The predicted octanol–water partition coefficient (Wildman–Crippen LogP) is 2.59. The van der Waals surface area contributed by atoms with Gasteiger partial charge in [-0.2, -0.15) is 14.0 Å². The van der Waals surface area contributed by atoms with Gasteiger partial charge in [0.05, 0.1) is 12.7 Å². The van der Waals surface area contributed by atoms with E-state index in [0.29, 0.717) is 0 Å². The fraction of sp³-hybridized carbons (Fsp3) is 0.300. The minimum atomic E-state index is -3.44. The maximum Gasteiger partial charge on any atom is 0.330 e. The fourth-order valence-corrected chi connectivity index (χ4v) is 1.44. The lowest BCUT2D eigenvalue weighted by atomic mass is 10.1. The molecule has 1 atom stereocenters. The SMILES string of the molecule is COc1ccc(C(O)C(F)(F)Br)cc1C#N. The van der Waals surface area contributed by atoms with E-state index in [1.54, 1.807) is 6.07 Å². The van der Waals surface area contributed by atoms with Crippen LogP contribution in [0.1, 0.15) is 17.2 Å². The Morgan fingerprint density at radius 1 is 1.56 bits per heavy atom. The van der Waals surface area contributed by atoms with Crippen molar-refractivity contribution in [1.82, 2.24) is 0 Å². The number of aliphatic hydroxyl groups is 1. The molecule has 0 spiro atoms. The van der Waals surface area contributed by atoms with E-state index >= 15 is 0 Å². The van der Waals surface area contributed by atoms with Gasteiger partial charge in [-0.15, -0.1) is 0 Å². The van der Waals surface area contributed by atoms with Gasteiger partial charge in [0.15, 0.2) is 6.10 Å². The zero-order chi connectivity index (χ0) is 12.3. The summed E-state index contributed by atoms with van der Waals surface area (Å²) in [5.74, 6) is 0.274.